The number of benzene rings is 2. The molecule has 1 aliphatic rings. The van der Waals surface area contributed by atoms with Crippen LogP contribution in [0.3, 0.4) is 0 Å². The molecule has 1 nitrogen and oxygen atoms in total. The summed E-state index contributed by atoms with van der Waals surface area (Å²) < 4.78 is 14.0. The fraction of sp³-hybridized carbons (Fsp3) is 0.158. The van der Waals surface area contributed by atoms with Crippen LogP contribution in [0.1, 0.15) is 18.4 Å². The van der Waals surface area contributed by atoms with Crippen molar-refractivity contribution in [3.63, 3.8) is 0 Å². The minimum Gasteiger partial charge on any atom is -0.309 e. The molecule has 3 rings (SSSR count). The monoisotopic (exact) mass is 294 g/mol. The molecular formula is C19H19OP. The molecule has 1 aliphatic carbocycles. The zero-order valence-electron chi connectivity index (χ0n) is 12.2. The number of hydrogen-bond acceptors (Lipinski definition) is 1. The first kappa shape index (κ1) is 14.1. The average molecular weight is 294 g/mol. The fourth-order valence-corrected chi connectivity index (χ4v) is 5.43. The standard InChI is InChI=1S/C19H19OP/c1-16-12-14-19(15-13-16)21(20,17-8-4-2-5-9-17)18-10-6-3-7-11-18/h2,4-6,8-15H,3,7H2,1H3. The minimum atomic E-state index is -2.75. The molecule has 21 heavy (non-hydrogen) atoms. The topological polar surface area (TPSA) is 17.1 Å². The Labute approximate surface area is 126 Å². The largest absolute Gasteiger partial charge is 0.309 e. The van der Waals surface area contributed by atoms with E-state index in [9.17, 15) is 4.57 Å². The Hall–Kier alpha value is -1.85. The van der Waals surface area contributed by atoms with Crippen molar-refractivity contribution in [3.8, 4) is 0 Å². The van der Waals surface area contributed by atoms with Crippen molar-refractivity contribution in [2.24, 2.45) is 0 Å². The Morgan fingerprint density at radius 3 is 2.14 bits per heavy atom. The molecule has 0 heterocycles. The first-order chi connectivity index (χ1) is 10.2. The van der Waals surface area contributed by atoms with Gasteiger partial charge >= 0.3 is 0 Å². The fourth-order valence-electron chi connectivity index (χ4n) is 2.67. The van der Waals surface area contributed by atoms with Crippen LogP contribution in [0.4, 0.5) is 0 Å². The van der Waals surface area contributed by atoms with Gasteiger partial charge in [0, 0.05) is 15.9 Å². The van der Waals surface area contributed by atoms with Gasteiger partial charge in [0.2, 0.25) is 0 Å². The molecule has 106 valence electrons. The third-order valence-electron chi connectivity index (χ3n) is 3.86. The van der Waals surface area contributed by atoms with Gasteiger partial charge in [-0.2, -0.15) is 0 Å². The van der Waals surface area contributed by atoms with Crippen LogP contribution >= 0.6 is 7.14 Å². The molecule has 0 aromatic heterocycles. The summed E-state index contributed by atoms with van der Waals surface area (Å²) in [6, 6.07) is 17.9. The summed E-state index contributed by atoms with van der Waals surface area (Å²) >= 11 is 0. The molecule has 0 N–H and O–H groups in total. The predicted octanol–water partition coefficient (Wildman–Crippen LogP) is 4.54. The van der Waals surface area contributed by atoms with Gasteiger partial charge in [-0.15, -0.1) is 0 Å². The zero-order valence-corrected chi connectivity index (χ0v) is 13.1. The summed E-state index contributed by atoms with van der Waals surface area (Å²) in [5.74, 6) is 0. The first-order valence-electron chi connectivity index (χ1n) is 7.31. The zero-order chi connectivity index (χ0) is 14.7. The van der Waals surface area contributed by atoms with Gasteiger partial charge in [-0.05, 0) is 19.8 Å². The van der Waals surface area contributed by atoms with E-state index in [2.05, 4.69) is 19.1 Å². The highest BCUT2D eigenvalue weighted by molar-refractivity contribution is 7.82. The summed E-state index contributed by atoms with van der Waals surface area (Å²) in [6.45, 7) is 2.05. The van der Waals surface area contributed by atoms with E-state index >= 15 is 0 Å². The van der Waals surface area contributed by atoms with E-state index in [1.807, 2.05) is 60.7 Å². The lowest BCUT2D eigenvalue weighted by Gasteiger charge is -2.22. The van der Waals surface area contributed by atoms with Gasteiger partial charge in [0.25, 0.3) is 0 Å². The van der Waals surface area contributed by atoms with Gasteiger partial charge in [0.1, 0.15) is 0 Å². The average Bonchev–Trinajstić information content (AvgIpc) is 2.56. The Bertz CT molecular complexity index is 724. The van der Waals surface area contributed by atoms with Gasteiger partial charge in [-0.25, -0.2) is 0 Å². The van der Waals surface area contributed by atoms with Crippen molar-refractivity contribution in [1.29, 1.82) is 0 Å². The van der Waals surface area contributed by atoms with Gasteiger partial charge in [0.05, 0.1) is 0 Å². The van der Waals surface area contributed by atoms with E-state index < -0.39 is 7.14 Å². The molecule has 1 atom stereocenters. The van der Waals surface area contributed by atoms with Gasteiger partial charge in [-0.3, -0.25) is 0 Å². The maximum atomic E-state index is 14.0. The molecule has 2 heteroatoms. The van der Waals surface area contributed by atoms with Crippen LogP contribution in [-0.4, -0.2) is 0 Å². The number of aryl methyl sites for hydroxylation is 1. The number of hydrogen-bond donors (Lipinski definition) is 0. The number of allylic oxidation sites excluding steroid dienone is 4. The van der Waals surface area contributed by atoms with Crippen molar-refractivity contribution in [2.45, 2.75) is 19.8 Å². The molecular weight excluding hydrogens is 275 g/mol. The maximum Gasteiger partial charge on any atom is 0.170 e. The highest BCUT2D eigenvalue weighted by Gasteiger charge is 2.30. The van der Waals surface area contributed by atoms with Crippen LogP contribution in [-0.2, 0) is 4.57 Å². The summed E-state index contributed by atoms with van der Waals surface area (Å²) in [6.07, 6.45) is 8.30. The third kappa shape index (κ3) is 2.66. The molecule has 2 aromatic rings. The second-order valence-electron chi connectivity index (χ2n) is 5.39. The van der Waals surface area contributed by atoms with Crippen molar-refractivity contribution >= 4 is 17.8 Å². The number of rotatable bonds is 3. The summed E-state index contributed by atoms with van der Waals surface area (Å²) in [5, 5.41) is 2.78. The van der Waals surface area contributed by atoms with Crippen molar-refractivity contribution in [3.05, 3.63) is 83.7 Å². The Balaban J connectivity index is 2.20. The van der Waals surface area contributed by atoms with E-state index in [-0.39, 0.29) is 0 Å². The maximum absolute atomic E-state index is 14.0. The smallest absolute Gasteiger partial charge is 0.170 e. The SMILES string of the molecule is Cc1ccc(P(=O)(C2=CCCC=C2)c2ccccc2)cc1. The Kier molecular flexibility index (Phi) is 3.94. The Morgan fingerprint density at radius 1 is 0.857 bits per heavy atom. The highest BCUT2D eigenvalue weighted by atomic mass is 31.2. The van der Waals surface area contributed by atoms with E-state index in [4.69, 9.17) is 0 Å². The quantitative estimate of drug-likeness (QED) is 0.759. The van der Waals surface area contributed by atoms with Gasteiger partial charge in [0.15, 0.2) is 7.14 Å². The van der Waals surface area contributed by atoms with E-state index in [1.54, 1.807) is 0 Å². The lowest BCUT2D eigenvalue weighted by molar-refractivity contribution is 0.591. The molecule has 0 fully saturated rings. The van der Waals surface area contributed by atoms with Crippen LogP contribution in [0.5, 0.6) is 0 Å². The normalized spacial score (nSPS) is 17.1. The van der Waals surface area contributed by atoms with Crippen molar-refractivity contribution in [2.75, 3.05) is 0 Å². The highest BCUT2D eigenvalue weighted by Crippen LogP contribution is 2.53. The molecule has 0 radical (unpaired) electrons. The minimum absolute atomic E-state index is 0.909. The molecule has 1 unspecified atom stereocenters. The van der Waals surface area contributed by atoms with Crippen molar-refractivity contribution in [1.82, 2.24) is 0 Å². The van der Waals surface area contributed by atoms with Crippen molar-refractivity contribution < 1.29 is 4.57 Å². The second kappa shape index (κ2) is 5.87. The summed E-state index contributed by atoms with van der Waals surface area (Å²) in [4.78, 5) is 0. The summed E-state index contributed by atoms with van der Waals surface area (Å²) in [7, 11) is -2.75. The molecule has 0 saturated heterocycles. The predicted molar refractivity (Wildman–Crippen MR) is 91.0 cm³/mol. The van der Waals surface area contributed by atoms with Crippen LogP contribution in [0.25, 0.3) is 0 Å². The molecule has 0 aliphatic heterocycles. The van der Waals surface area contributed by atoms with Gasteiger partial charge < -0.3 is 4.57 Å². The third-order valence-corrected chi connectivity index (χ3v) is 6.97. The molecule has 0 bridgehead atoms. The first-order valence-corrected chi connectivity index (χ1v) is 9.02. The van der Waals surface area contributed by atoms with Crippen LogP contribution in [0.2, 0.25) is 0 Å². The van der Waals surface area contributed by atoms with Crippen LogP contribution < -0.4 is 10.6 Å². The molecule has 0 amide bonds. The summed E-state index contributed by atoms with van der Waals surface area (Å²) in [5.41, 5.74) is 1.19. The second-order valence-corrected chi connectivity index (χ2v) is 8.16. The molecule has 0 spiro atoms. The van der Waals surface area contributed by atoms with Gasteiger partial charge in [-0.1, -0.05) is 78.4 Å². The Morgan fingerprint density at radius 2 is 1.52 bits per heavy atom. The van der Waals surface area contributed by atoms with E-state index in [0.29, 0.717) is 0 Å². The molecule has 2 aromatic carbocycles. The lowest BCUT2D eigenvalue weighted by atomic mass is 10.2. The molecule has 0 saturated carbocycles. The van der Waals surface area contributed by atoms with E-state index in [1.165, 1.54) is 5.56 Å². The van der Waals surface area contributed by atoms with Crippen LogP contribution in [0, 0.1) is 6.92 Å². The van der Waals surface area contributed by atoms with E-state index in [0.717, 1.165) is 28.8 Å². The lowest BCUT2D eigenvalue weighted by Crippen LogP contribution is -2.17. The van der Waals surface area contributed by atoms with Crippen LogP contribution in [0.15, 0.2) is 78.1 Å².